The molecule has 34 heteroatoms. The molecule has 0 radical (unpaired) electrons. The number of rotatable bonds is 48. The average molecular weight is 1570 g/mol. The molecule has 111 heavy (non-hydrogen) atoms. The second-order valence-corrected chi connectivity index (χ2v) is 27.0. The third kappa shape index (κ3) is 35.1. The fourth-order valence-electron chi connectivity index (χ4n) is 11.0. The van der Waals surface area contributed by atoms with Crippen LogP contribution < -0.4 is 0 Å². The molecule has 0 aliphatic rings. The lowest BCUT2D eigenvalue weighted by atomic mass is 10.0. The molecule has 1 unspecified atom stereocenters. The monoisotopic (exact) mass is 1570 g/mol. The number of nitrogens with zero attached hydrogens (tertiary/aromatic N) is 14. The summed E-state index contributed by atoms with van der Waals surface area (Å²) < 4.78 is 57.1. The minimum Gasteiger partial charge on any atom is -0.468 e. The van der Waals surface area contributed by atoms with Crippen LogP contribution in [0.2, 0.25) is 0 Å². The van der Waals surface area contributed by atoms with Crippen LogP contribution in [0.3, 0.4) is 0 Å². The van der Waals surface area contributed by atoms with Gasteiger partial charge in [-0.05, 0) is 115 Å². The summed E-state index contributed by atoms with van der Waals surface area (Å²) in [5.41, 5.74) is 6.85. The van der Waals surface area contributed by atoms with Gasteiger partial charge in [0, 0.05) is 82.2 Å². The molecule has 33 nitrogen and oxygen atoms in total. The minimum absolute atomic E-state index is 0. The molecular formula is C77H113N14O19P. The Morgan fingerprint density at radius 3 is 1.14 bits per heavy atom. The first-order valence-electron chi connectivity index (χ1n) is 35.8. The standard InChI is InChI=1S/C42H61N8O10P.C33H44N6O9.2CH4/c1-31(2)50(32(3)4)61(60-23-15-21-43)59-22-12-10-9-11-16-34-24-49(38-20-14-18-36(45-38)25-47(27-39(52)55-6)28-40(53)56-7)46-42(34)37-19-13-17-35(44-37)26-48(29-41(54)57-8)30-58-33(5)51;1-24(41)48-23-38(22-32(44)47-4)19-26-12-9-14-28(34-26)33-25(11-7-5-6-8-16-40)17-39(36-33)29-15-10-13-27(35-29)18-37(20-30(42)45-2)21-31(43)46-3;;/h13-14,17-20,24,31-32H,9-12,15-16,22-23,25-30H2,1-8H3;9-10,12-15,17,40H,5-8,11,16,18-23H2,1-4H3;2*1H4. The summed E-state index contributed by atoms with van der Waals surface area (Å²) in [6, 6.07) is 24.5. The molecule has 1 N–H and O–H groups in total. The summed E-state index contributed by atoms with van der Waals surface area (Å²) in [6.07, 6.45) is 12.5. The highest BCUT2D eigenvalue weighted by Gasteiger charge is 2.28. The lowest BCUT2D eigenvalue weighted by Crippen LogP contribution is -2.35. The zero-order valence-corrected chi connectivity index (χ0v) is 65.5. The first kappa shape index (κ1) is 95.6. The fraction of sp³-hybridized carbons (Fsp3) is 0.545. The molecule has 0 amide bonds. The largest absolute Gasteiger partial charge is 0.468 e. The molecule has 0 spiro atoms. The molecule has 1 atom stereocenters. The van der Waals surface area contributed by atoms with Crippen molar-refractivity contribution in [2.75, 3.05) is 115 Å². The second kappa shape index (κ2) is 52.5. The van der Waals surface area contributed by atoms with Crippen molar-refractivity contribution in [3.63, 3.8) is 0 Å². The van der Waals surface area contributed by atoms with E-state index in [1.165, 1.54) is 56.5 Å². The summed E-state index contributed by atoms with van der Waals surface area (Å²) in [4.78, 5) is 121. The Balaban J connectivity index is 0.000000580. The zero-order valence-electron chi connectivity index (χ0n) is 64.6. The molecule has 6 rings (SSSR count). The molecule has 0 aliphatic carbocycles. The van der Waals surface area contributed by atoms with E-state index >= 15 is 0 Å². The third-order valence-corrected chi connectivity index (χ3v) is 18.3. The van der Waals surface area contributed by atoms with Crippen LogP contribution in [0.5, 0.6) is 0 Å². The number of unbranched alkanes of at least 4 members (excludes halogenated alkanes) is 6. The van der Waals surface area contributed by atoms with E-state index in [0.29, 0.717) is 89.7 Å². The van der Waals surface area contributed by atoms with Gasteiger partial charge in [-0.2, -0.15) is 15.5 Å². The number of carbonyl (C=O) groups is 8. The maximum Gasteiger partial charge on any atom is 0.319 e. The summed E-state index contributed by atoms with van der Waals surface area (Å²) in [5.74, 6) is -2.86. The molecule has 610 valence electrons. The zero-order chi connectivity index (χ0) is 79.6. The van der Waals surface area contributed by atoms with Crippen molar-refractivity contribution in [2.45, 2.75) is 165 Å². The van der Waals surface area contributed by atoms with Crippen LogP contribution in [0, 0.1) is 11.3 Å². The van der Waals surface area contributed by atoms with Crippen molar-refractivity contribution in [3.8, 4) is 40.5 Å². The van der Waals surface area contributed by atoms with E-state index in [9.17, 15) is 43.5 Å². The van der Waals surface area contributed by atoms with Crippen molar-refractivity contribution in [2.24, 2.45) is 0 Å². The van der Waals surface area contributed by atoms with Crippen LogP contribution in [0.25, 0.3) is 34.4 Å². The van der Waals surface area contributed by atoms with Gasteiger partial charge in [-0.25, -0.2) is 34.0 Å². The minimum atomic E-state index is -1.30. The van der Waals surface area contributed by atoms with Gasteiger partial charge in [0.05, 0.1) is 142 Å². The molecular weight excluding hydrogens is 1460 g/mol. The van der Waals surface area contributed by atoms with Gasteiger partial charge in [-0.3, -0.25) is 58.0 Å². The van der Waals surface area contributed by atoms with Gasteiger partial charge in [0.1, 0.15) is 24.8 Å². The lowest BCUT2D eigenvalue weighted by molar-refractivity contribution is -0.151. The number of hydrogen-bond acceptors (Lipinski definition) is 31. The van der Waals surface area contributed by atoms with Gasteiger partial charge in [-0.15, -0.1) is 0 Å². The highest BCUT2D eigenvalue weighted by molar-refractivity contribution is 7.44. The van der Waals surface area contributed by atoms with Crippen molar-refractivity contribution >= 4 is 56.3 Å². The molecule has 6 aromatic rings. The number of aliphatic hydroxyl groups excluding tert-OH is 1. The van der Waals surface area contributed by atoms with Crippen LogP contribution >= 0.6 is 8.53 Å². The second-order valence-electron chi connectivity index (χ2n) is 25.6. The normalized spacial score (nSPS) is 11.3. The third-order valence-electron chi connectivity index (χ3n) is 16.2. The Morgan fingerprint density at radius 2 is 0.793 bits per heavy atom. The smallest absolute Gasteiger partial charge is 0.319 e. The Labute approximate surface area is 653 Å². The van der Waals surface area contributed by atoms with E-state index in [1.54, 1.807) is 47.2 Å². The van der Waals surface area contributed by atoms with Gasteiger partial charge >= 0.3 is 47.8 Å². The number of aromatic nitrogens is 8. The molecule has 0 fully saturated rings. The maximum atomic E-state index is 12.2. The van der Waals surface area contributed by atoms with Crippen LogP contribution in [0.15, 0.2) is 85.2 Å². The molecule has 0 aromatic carbocycles. The molecule has 0 aliphatic heterocycles. The number of pyridine rings is 4. The predicted octanol–water partition coefficient (Wildman–Crippen LogP) is 8.71. The number of esters is 8. The van der Waals surface area contributed by atoms with E-state index in [4.69, 9.17) is 82.3 Å². The van der Waals surface area contributed by atoms with Gasteiger partial charge < -0.3 is 52.0 Å². The Morgan fingerprint density at radius 1 is 0.459 bits per heavy atom. The van der Waals surface area contributed by atoms with Crippen molar-refractivity contribution in [1.29, 1.82) is 5.26 Å². The summed E-state index contributed by atoms with van der Waals surface area (Å²) in [7, 11) is 6.42. The highest BCUT2D eigenvalue weighted by Crippen LogP contribution is 2.46. The predicted molar refractivity (Wildman–Crippen MR) is 412 cm³/mol. The number of aryl methyl sites for hydroxylation is 2. The Kier molecular flexibility index (Phi) is 45.2. The summed E-state index contributed by atoms with van der Waals surface area (Å²) in [5, 5.41) is 28.1. The van der Waals surface area contributed by atoms with Crippen LogP contribution in [-0.4, -0.2) is 244 Å². The van der Waals surface area contributed by atoms with Gasteiger partial charge in [0.25, 0.3) is 8.53 Å². The van der Waals surface area contributed by atoms with Crippen LogP contribution in [0.4, 0.5) is 0 Å². The number of aliphatic hydroxyl groups is 1. The van der Waals surface area contributed by atoms with E-state index in [1.807, 2.05) is 67.0 Å². The summed E-state index contributed by atoms with van der Waals surface area (Å²) >= 11 is 0. The number of hydrogen-bond donors (Lipinski definition) is 1. The topological polar surface area (TPSA) is 376 Å². The molecule has 6 aromatic heterocycles. The maximum absolute atomic E-state index is 12.2. The van der Waals surface area contributed by atoms with E-state index < -0.39 is 56.3 Å². The molecule has 0 bridgehead atoms. The highest BCUT2D eigenvalue weighted by atomic mass is 31.2. The number of ether oxygens (including phenoxy) is 8. The lowest BCUT2D eigenvalue weighted by Gasteiger charge is -2.35. The van der Waals surface area contributed by atoms with Crippen molar-refractivity contribution in [1.82, 2.24) is 63.8 Å². The van der Waals surface area contributed by atoms with E-state index in [2.05, 4.69) is 38.4 Å². The van der Waals surface area contributed by atoms with Crippen molar-refractivity contribution in [3.05, 3.63) is 119 Å². The SMILES string of the molecule is C.C.COC(=O)CN(COC(C)=O)Cc1cccc(-c2nn(-c3cccc(CN(CC(=O)OC)CC(=O)OC)n3)cc2CCCCCCO)n1.COC(=O)CN(COC(C)=O)Cc1cccc(-c2nn(-c3cccc(CN(CC(=O)OC)CC(=O)OC)n3)cc2CCCCCCOP(OCCC#N)N(C(C)C)C(C)C)n1. The van der Waals surface area contributed by atoms with Crippen LogP contribution in [0.1, 0.15) is 148 Å². The Bertz CT molecular complexity index is 3850. The molecule has 0 saturated heterocycles. The van der Waals surface area contributed by atoms with Crippen LogP contribution in [-0.2, 0) is 124 Å². The van der Waals surface area contributed by atoms with Gasteiger partial charge in [0.2, 0.25) is 0 Å². The number of carbonyl (C=O) groups excluding carboxylic acids is 8. The molecule has 6 heterocycles. The number of methoxy groups -OCH3 is 6. The van der Waals surface area contributed by atoms with E-state index in [-0.39, 0.29) is 112 Å². The number of nitriles is 1. The van der Waals surface area contributed by atoms with Gasteiger partial charge in [0.15, 0.2) is 11.6 Å². The molecule has 0 saturated carbocycles. The quantitative estimate of drug-likeness (QED) is 0.0123. The first-order valence-corrected chi connectivity index (χ1v) is 37.0. The van der Waals surface area contributed by atoms with E-state index in [0.717, 1.165) is 62.5 Å². The Hall–Kier alpha value is -9.62. The van der Waals surface area contributed by atoms with Gasteiger partial charge in [-0.1, -0.05) is 64.8 Å². The fourth-order valence-corrected chi connectivity index (χ4v) is 12.6. The van der Waals surface area contributed by atoms with Crippen molar-refractivity contribution < 1.29 is 90.4 Å². The first-order chi connectivity index (χ1) is 52.4. The summed E-state index contributed by atoms with van der Waals surface area (Å²) in [6.45, 7) is 11.9. The average Bonchev–Trinajstić information content (AvgIpc) is 1.66.